The molecule has 0 saturated heterocycles. The van der Waals surface area contributed by atoms with Crippen LogP contribution in [0.4, 0.5) is 0 Å². The number of hydrogen-bond acceptors (Lipinski definition) is 0. The maximum absolute atomic E-state index is 3.73. The van der Waals surface area contributed by atoms with Gasteiger partial charge in [-0.1, -0.05) is 28.9 Å². The molecule has 0 aliphatic carbocycles. The smallest absolute Gasteiger partial charge is 0.00369 e. The molecule has 0 unspecified atom stereocenters. The van der Waals surface area contributed by atoms with Gasteiger partial charge in [0.05, 0.1) is 0 Å². The molecule has 48 valence electrons. The van der Waals surface area contributed by atoms with Crippen LogP contribution in [-0.2, 0) is 0 Å². The molecule has 1 atom stereocenters. The topological polar surface area (TPSA) is 0 Å². The first-order chi connectivity index (χ1) is 3.85. The first-order valence-corrected chi connectivity index (χ1v) is 4.15. The van der Waals surface area contributed by atoms with Gasteiger partial charge in [-0.2, -0.15) is 0 Å². The zero-order valence-electron chi connectivity index (χ0n) is 5.36. The van der Waals surface area contributed by atoms with Crippen LogP contribution in [-0.4, -0.2) is 5.33 Å². The number of rotatable bonds is 4. The quantitative estimate of drug-likeness (QED) is 0.457. The van der Waals surface area contributed by atoms with Gasteiger partial charge in [0.1, 0.15) is 0 Å². The Kier molecular flexibility index (Phi) is 5.51. The Morgan fingerprint density at radius 2 is 2.38 bits per heavy atom. The third-order valence-electron chi connectivity index (χ3n) is 1.34. The Hall–Kier alpha value is 0.220. The largest absolute Gasteiger partial charge is 0.103 e. The second kappa shape index (κ2) is 5.36. The van der Waals surface area contributed by atoms with Crippen molar-refractivity contribution < 1.29 is 0 Å². The van der Waals surface area contributed by atoms with Gasteiger partial charge in [0.2, 0.25) is 0 Å². The van der Waals surface area contributed by atoms with E-state index in [2.05, 4.69) is 29.4 Å². The van der Waals surface area contributed by atoms with Gasteiger partial charge in [0.15, 0.2) is 0 Å². The van der Waals surface area contributed by atoms with Crippen LogP contribution < -0.4 is 0 Å². The molecule has 0 bridgehead atoms. The van der Waals surface area contributed by atoms with Crippen molar-refractivity contribution in [1.82, 2.24) is 0 Å². The average molecular weight is 177 g/mol. The van der Waals surface area contributed by atoms with Gasteiger partial charge >= 0.3 is 0 Å². The monoisotopic (exact) mass is 176 g/mol. The van der Waals surface area contributed by atoms with Crippen molar-refractivity contribution in [3.63, 3.8) is 0 Å². The Labute approximate surface area is 60.1 Å². The van der Waals surface area contributed by atoms with Gasteiger partial charge in [-0.25, -0.2) is 0 Å². The lowest BCUT2D eigenvalue weighted by Crippen LogP contribution is -1.92. The van der Waals surface area contributed by atoms with Crippen LogP contribution in [0.2, 0.25) is 0 Å². The minimum Gasteiger partial charge on any atom is -0.103 e. The molecule has 0 amide bonds. The van der Waals surface area contributed by atoms with Crippen LogP contribution >= 0.6 is 15.9 Å². The molecule has 0 spiro atoms. The highest BCUT2D eigenvalue weighted by atomic mass is 79.9. The van der Waals surface area contributed by atoms with E-state index in [-0.39, 0.29) is 0 Å². The SMILES string of the molecule is C=C[C@H](CC)CCBr. The molecule has 0 radical (unpaired) electrons. The fourth-order valence-electron chi connectivity index (χ4n) is 0.629. The number of alkyl halides is 1. The molecule has 0 aromatic heterocycles. The van der Waals surface area contributed by atoms with E-state index in [4.69, 9.17) is 0 Å². The van der Waals surface area contributed by atoms with Crippen molar-refractivity contribution in [3.8, 4) is 0 Å². The summed E-state index contributed by atoms with van der Waals surface area (Å²) in [5.41, 5.74) is 0. The summed E-state index contributed by atoms with van der Waals surface area (Å²) in [7, 11) is 0. The predicted molar refractivity (Wildman–Crippen MR) is 42.4 cm³/mol. The highest BCUT2D eigenvalue weighted by Gasteiger charge is 1.96. The summed E-state index contributed by atoms with van der Waals surface area (Å²) in [5.74, 6) is 0.717. The Morgan fingerprint density at radius 3 is 2.50 bits per heavy atom. The molecule has 0 heterocycles. The Balaban J connectivity index is 3.21. The third-order valence-corrected chi connectivity index (χ3v) is 1.80. The van der Waals surface area contributed by atoms with E-state index in [1.807, 2.05) is 6.08 Å². The number of allylic oxidation sites excluding steroid dienone is 1. The average Bonchev–Trinajstić information content (AvgIpc) is 1.83. The summed E-state index contributed by atoms with van der Waals surface area (Å²) in [4.78, 5) is 0. The van der Waals surface area contributed by atoms with Gasteiger partial charge in [0.25, 0.3) is 0 Å². The van der Waals surface area contributed by atoms with E-state index in [0.717, 1.165) is 11.2 Å². The second-order valence-electron chi connectivity index (χ2n) is 1.88. The van der Waals surface area contributed by atoms with Crippen molar-refractivity contribution >= 4 is 15.9 Å². The highest BCUT2D eigenvalue weighted by Crippen LogP contribution is 2.09. The molecule has 0 N–H and O–H groups in total. The van der Waals surface area contributed by atoms with Crippen LogP contribution in [0.3, 0.4) is 0 Å². The van der Waals surface area contributed by atoms with Gasteiger partial charge in [-0.05, 0) is 18.8 Å². The standard InChI is InChI=1S/C7H13Br/c1-3-7(4-2)5-6-8/h3,7H,1,4-6H2,2H3/t7-/m1/s1. The molecule has 0 nitrogen and oxygen atoms in total. The fraction of sp³-hybridized carbons (Fsp3) is 0.714. The van der Waals surface area contributed by atoms with Crippen LogP contribution in [0.25, 0.3) is 0 Å². The highest BCUT2D eigenvalue weighted by molar-refractivity contribution is 9.09. The summed E-state index contributed by atoms with van der Waals surface area (Å²) >= 11 is 3.38. The van der Waals surface area contributed by atoms with Gasteiger partial charge in [-0.15, -0.1) is 6.58 Å². The van der Waals surface area contributed by atoms with Crippen LogP contribution in [0.15, 0.2) is 12.7 Å². The number of halogens is 1. The van der Waals surface area contributed by atoms with E-state index in [0.29, 0.717) is 0 Å². The molecule has 0 rings (SSSR count). The van der Waals surface area contributed by atoms with Crippen molar-refractivity contribution in [2.24, 2.45) is 5.92 Å². The zero-order valence-corrected chi connectivity index (χ0v) is 6.95. The zero-order chi connectivity index (χ0) is 6.41. The molecular formula is C7H13Br. The predicted octanol–water partition coefficient (Wildman–Crippen LogP) is 2.98. The maximum Gasteiger partial charge on any atom is 0.00369 e. The van der Waals surface area contributed by atoms with E-state index < -0.39 is 0 Å². The molecule has 0 fully saturated rings. The molecule has 0 aliphatic rings. The molecule has 0 saturated carbocycles. The van der Waals surface area contributed by atoms with Gasteiger partial charge in [0, 0.05) is 5.33 Å². The van der Waals surface area contributed by atoms with E-state index in [1.165, 1.54) is 12.8 Å². The van der Waals surface area contributed by atoms with Crippen molar-refractivity contribution in [1.29, 1.82) is 0 Å². The van der Waals surface area contributed by atoms with Crippen molar-refractivity contribution in [3.05, 3.63) is 12.7 Å². The molecular weight excluding hydrogens is 164 g/mol. The normalized spacial score (nSPS) is 13.2. The van der Waals surface area contributed by atoms with Crippen molar-refractivity contribution in [2.75, 3.05) is 5.33 Å². The summed E-state index contributed by atoms with van der Waals surface area (Å²) in [6.45, 7) is 5.92. The van der Waals surface area contributed by atoms with Crippen LogP contribution in [0.5, 0.6) is 0 Å². The first kappa shape index (κ1) is 8.22. The molecule has 1 heteroatoms. The molecule has 0 aromatic carbocycles. The van der Waals surface area contributed by atoms with Crippen molar-refractivity contribution in [2.45, 2.75) is 19.8 Å². The molecule has 0 aromatic rings. The van der Waals surface area contributed by atoms with Gasteiger partial charge in [-0.3, -0.25) is 0 Å². The molecule has 0 aliphatic heterocycles. The van der Waals surface area contributed by atoms with E-state index >= 15 is 0 Å². The second-order valence-corrected chi connectivity index (χ2v) is 2.67. The van der Waals surface area contributed by atoms with Crippen LogP contribution in [0, 0.1) is 5.92 Å². The minimum absolute atomic E-state index is 0.717. The van der Waals surface area contributed by atoms with E-state index in [9.17, 15) is 0 Å². The Bertz CT molecular complexity index is 59.4. The lowest BCUT2D eigenvalue weighted by Gasteiger charge is -2.03. The Morgan fingerprint density at radius 1 is 1.75 bits per heavy atom. The summed E-state index contributed by atoms with van der Waals surface area (Å²) < 4.78 is 0. The maximum atomic E-state index is 3.73. The summed E-state index contributed by atoms with van der Waals surface area (Å²) in [5, 5.41) is 1.09. The fourth-order valence-corrected chi connectivity index (χ4v) is 1.22. The van der Waals surface area contributed by atoms with Gasteiger partial charge < -0.3 is 0 Å². The number of hydrogen-bond donors (Lipinski definition) is 0. The lowest BCUT2D eigenvalue weighted by atomic mass is 10.0. The lowest BCUT2D eigenvalue weighted by molar-refractivity contribution is 0.615. The van der Waals surface area contributed by atoms with E-state index in [1.54, 1.807) is 0 Å². The third kappa shape index (κ3) is 3.25. The first-order valence-electron chi connectivity index (χ1n) is 3.03. The summed E-state index contributed by atoms with van der Waals surface area (Å²) in [6, 6.07) is 0. The summed E-state index contributed by atoms with van der Waals surface area (Å²) in [6.07, 6.45) is 4.47. The van der Waals surface area contributed by atoms with Crippen LogP contribution in [0.1, 0.15) is 19.8 Å². The molecule has 8 heavy (non-hydrogen) atoms. The minimum atomic E-state index is 0.717.